The van der Waals surface area contributed by atoms with Crippen LogP contribution in [0.25, 0.3) is 5.57 Å². The Bertz CT molecular complexity index is 924. The maximum atomic E-state index is 13.4. The second-order valence-electron chi connectivity index (χ2n) is 7.53. The van der Waals surface area contributed by atoms with E-state index in [0.29, 0.717) is 30.0 Å². The number of para-hydroxylation sites is 1. The molecule has 0 aliphatic carbocycles. The van der Waals surface area contributed by atoms with Crippen molar-refractivity contribution in [2.75, 3.05) is 18.0 Å². The molecular weight excluding hydrogens is 352 g/mol. The smallest absolute Gasteiger partial charge is 0.282 e. The molecule has 0 bridgehead atoms. The van der Waals surface area contributed by atoms with Crippen LogP contribution >= 0.6 is 0 Å². The topological polar surface area (TPSA) is 49.9 Å². The van der Waals surface area contributed by atoms with Crippen LogP contribution in [0.5, 0.6) is 0 Å². The molecule has 0 N–H and O–H groups in total. The summed E-state index contributed by atoms with van der Waals surface area (Å²) in [6.45, 7) is 7.14. The first-order valence-electron chi connectivity index (χ1n) is 9.61. The van der Waals surface area contributed by atoms with Gasteiger partial charge in [0.15, 0.2) is 0 Å². The fraction of sp³-hybridized carbons (Fsp3) is 0.304. The van der Waals surface area contributed by atoms with Crippen LogP contribution in [0.15, 0.2) is 60.3 Å². The van der Waals surface area contributed by atoms with Gasteiger partial charge in [0.2, 0.25) is 0 Å². The van der Waals surface area contributed by atoms with Gasteiger partial charge in [0.25, 0.3) is 11.8 Å². The third kappa shape index (κ3) is 3.22. The minimum atomic E-state index is -0.276. The first-order valence-corrected chi connectivity index (χ1v) is 9.61. The van der Waals surface area contributed by atoms with Crippen LogP contribution in [0.3, 0.4) is 0 Å². The summed E-state index contributed by atoms with van der Waals surface area (Å²) in [4.78, 5) is 30.1. The van der Waals surface area contributed by atoms with Gasteiger partial charge in [-0.05, 0) is 38.5 Å². The van der Waals surface area contributed by atoms with Crippen molar-refractivity contribution in [1.29, 1.82) is 0 Å². The molecule has 2 atom stereocenters. The lowest BCUT2D eigenvalue weighted by Crippen LogP contribution is -2.47. The lowest BCUT2D eigenvalue weighted by atomic mass is 10.0. The molecule has 0 radical (unpaired) electrons. The number of ether oxygens (including phenoxy) is 1. The number of morpholine rings is 1. The summed E-state index contributed by atoms with van der Waals surface area (Å²) >= 11 is 0. The van der Waals surface area contributed by atoms with Gasteiger partial charge in [0.05, 0.1) is 23.5 Å². The summed E-state index contributed by atoms with van der Waals surface area (Å²) in [7, 11) is 0. The molecular formula is C23H24N2O3. The van der Waals surface area contributed by atoms with Crippen molar-refractivity contribution < 1.29 is 14.3 Å². The second-order valence-corrected chi connectivity index (χ2v) is 7.53. The molecule has 144 valence electrons. The Labute approximate surface area is 165 Å². The summed E-state index contributed by atoms with van der Waals surface area (Å²) < 4.78 is 5.83. The predicted molar refractivity (Wildman–Crippen MR) is 109 cm³/mol. The fourth-order valence-electron chi connectivity index (χ4n) is 3.96. The summed E-state index contributed by atoms with van der Waals surface area (Å²) in [5, 5.41) is 0. The molecule has 1 fully saturated rings. The van der Waals surface area contributed by atoms with E-state index in [9.17, 15) is 9.59 Å². The van der Waals surface area contributed by atoms with Crippen LogP contribution in [0.1, 0.15) is 25.0 Å². The molecule has 2 unspecified atom stereocenters. The standard InChI is InChI=1S/C23H24N2O3/c1-15-9-11-18(12-10-15)20-21(24-13-16(2)28-17(3)14-24)23(27)25(22(20)26)19-7-5-4-6-8-19/h4-12,16-17H,13-14H2,1-3H3. The molecule has 1 saturated heterocycles. The van der Waals surface area contributed by atoms with Gasteiger partial charge in [-0.3, -0.25) is 9.59 Å². The molecule has 0 saturated carbocycles. The number of carbonyl (C=O) groups excluding carboxylic acids is 2. The highest BCUT2D eigenvalue weighted by molar-refractivity contribution is 6.45. The Kier molecular flexibility index (Phi) is 4.77. The van der Waals surface area contributed by atoms with Crippen LogP contribution < -0.4 is 4.90 Å². The summed E-state index contributed by atoms with van der Waals surface area (Å²) in [5.74, 6) is -0.546. The molecule has 5 nitrogen and oxygen atoms in total. The minimum absolute atomic E-state index is 0.0100. The van der Waals surface area contributed by atoms with Crippen molar-refractivity contribution in [3.05, 3.63) is 71.4 Å². The number of benzene rings is 2. The van der Waals surface area contributed by atoms with Crippen molar-refractivity contribution in [2.24, 2.45) is 0 Å². The zero-order valence-electron chi connectivity index (χ0n) is 16.4. The maximum absolute atomic E-state index is 13.4. The largest absolute Gasteiger partial charge is 0.372 e. The lowest BCUT2D eigenvalue weighted by molar-refractivity contribution is -0.121. The molecule has 4 rings (SSSR count). The van der Waals surface area contributed by atoms with Gasteiger partial charge in [0, 0.05) is 13.1 Å². The van der Waals surface area contributed by atoms with Gasteiger partial charge in [0.1, 0.15) is 5.70 Å². The summed E-state index contributed by atoms with van der Waals surface area (Å²) in [5.41, 5.74) is 3.40. The van der Waals surface area contributed by atoms with E-state index in [-0.39, 0.29) is 24.0 Å². The molecule has 2 heterocycles. The monoisotopic (exact) mass is 376 g/mol. The van der Waals surface area contributed by atoms with Crippen LogP contribution in [-0.2, 0) is 14.3 Å². The lowest BCUT2D eigenvalue weighted by Gasteiger charge is -2.37. The van der Waals surface area contributed by atoms with Crippen molar-refractivity contribution in [3.8, 4) is 0 Å². The van der Waals surface area contributed by atoms with Gasteiger partial charge in [-0.15, -0.1) is 0 Å². The molecule has 0 aromatic heterocycles. The number of hydrogen-bond acceptors (Lipinski definition) is 4. The Hall–Kier alpha value is -2.92. The number of nitrogens with zero attached hydrogens (tertiary/aromatic N) is 2. The van der Waals surface area contributed by atoms with Crippen molar-refractivity contribution in [1.82, 2.24) is 4.90 Å². The predicted octanol–water partition coefficient (Wildman–Crippen LogP) is 3.39. The quantitative estimate of drug-likeness (QED) is 0.771. The van der Waals surface area contributed by atoms with E-state index in [1.54, 1.807) is 12.1 Å². The van der Waals surface area contributed by atoms with Gasteiger partial charge < -0.3 is 9.64 Å². The second kappa shape index (κ2) is 7.24. The molecule has 2 aliphatic heterocycles. The molecule has 5 heteroatoms. The first kappa shape index (κ1) is 18.4. The van der Waals surface area contributed by atoms with Crippen molar-refractivity contribution in [3.63, 3.8) is 0 Å². The average molecular weight is 376 g/mol. The van der Waals surface area contributed by atoms with E-state index >= 15 is 0 Å². The zero-order valence-corrected chi connectivity index (χ0v) is 16.4. The zero-order chi connectivity index (χ0) is 19.8. The Balaban J connectivity index is 1.83. The number of aryl methyl sites for hydroxylation is 1. The van der Waals surface area contributed by atoms with Crippen molar-refractivity contribution >= 4 is 23.1 Å². The Morgan fingerprint density at radius 2 is 1.46 bits per heavy atom. The van der Waals surface area contributed by atoms with Crippen LogP contribution in [0.2, 0.25) is 0 Å². The van der Waals surface area contributed by atoms with Gasteiger partial charge in [-0.25, -0.2) is 4.90 Å². The highest BCUT2D eigenvalue weighted by Gasteiger charge is 2.43. The summed E-state index contributed by atoms with van der Waals surface area (Å²) in [6, 6.07) is 16.9. The first-order chi connectivity index (χ1) is 13.5. The average Bonchev–Trinajstić information content (AvgIpc) is 2.93. The SMILES string of the molecule is Cc1ccc(C2=C(N3CC(C)OC(C)C3)C(=O)N(c3ccccc3)C2=O)cc1. The normalized spacial score (nSPS) is 23.0. The van der Waals surface area contributed by atoms with E-state index in [2.05, 4.69) is 0 Å². The van der Waals surface area contributed by atoms with E-state index in [4.69, 9.17) is 4.74 Å². The fourth-order valence-corrected chi connectivity index (χ4v) is 3.96. The molecule has 28 heavy (non-hydrogen) atoms. The van der Waals surface area contributed by atoms with Crippen molar-refractivity contribution in [2.45, 2.75) is 33.0 Å². The Morgan fingerprint density at radius 1 is 0.857 bits per heavy atom. The van der Waals surface area contributed by atoms with E-state index in [0.717, 1.165) is 11.1 Å². The molecule has 2 amide bonds. The van der Waals surface area contributed by atoms with Gasteiger partial charge >= 0.3 is 0 Å². The molecule has 2 aromatic rings. The summed E-state index contributed by atoms with van der Waals surface area (Å²) in [6.07, 6.45) is -0.0200. The minimum Gasteiger partial charge on any atom is -0.372 e. The third-order valence-electron chi connectivity index (χ3n) is 5.15. The van der Waals surface area contributed by atoms with Gasteiger partial charge in [-0.2, -0.15) is 0 Å². The van der Waals surface area contributed by atoms with E-state index in [1.807, 2.05) is 68.1 Å². The van der Waals surface area contributed by atoms with Crippen LogP contribution in [0.4, 0.5) is 5.69 Å². The number of hydrogen-bond donors (Lipinski definition) is 0. The van der Waals surface area contributed by atoms with Gasteiger partial charge in [-0.1, -0.05) is 48.0 Å². The van der Waals surface area contributed by atoms with E-state index < -0.39 is 0 Å². The molecule has 0 spiro atoms. The van der Waals surface area contributed by atoms with E-state index in [1.165, 1.54) is 4.90 Å². The van der Waals surface area contributed by atoms with Crippen LogP contribution in [0, 0.1) is 6.92 Å². The number of anilines is 1. The van der Waals surface area contributed by atoms with Crippen LogP contribution in [-0.4, -0.2) is 42.0 Å². The maximum Gasteiger partial charge on any atom is 0.282 e. The number of imide groups is 1. The third-order valence-corrected chi connectivity index (χ3v) is 5.15. The highest BCUT2D eigenvalue weighted by atomic mass is 16.5. The Morgan fingerprint density at radius 3 is 2.07 bits per heavy atom. The molecule has 2 aliphatic rings. The number of carbonyl (C=O) groups is 2. The number of amides is 2. The number of rotatable bonds is 3. The molecule has 2 aromatic carbocycles. The highest BCUT2D eigenvalue weighted by Crippen LogP contribution is 2.35.